The number of cyclic esters (lactones) is 1. The van der Waals surface area contributed by atoms with E-state index in [-0.39, 0.29) is 72.2 Å². The lowest BCUT2D eigenvalue weighted by molar-refractivity contribution is -0.346. The van der Waals surface area contributed by atoms with E-state index in [1.54, 1.807) is 116 Å². The van der Waals surface area contributed by atoms with Gasteiger partial charge in [0, 0.05) is 72.4 Å². The molecule has 2 bridgehead atoms. The molecular weight excluding hydrogens is 1300 g/mol. The first kappa shape index (κ1) is 69.2. The molecule has 1 saturated heterocycles. The van der Waals surface area contributed by atoms with Gasteiger partial charge in [-0.1, -0.05) is 118 Å². The van der Waals surface area contributed by atoms with Crippen molar-refractivity contribution in [2.75, 3.05) is 6.61 Å². The van der Waals surface area contributed by atoms with Crippen LogP contribution in [0.2, 0.25) is 0 Å². The number of nitrogens with one attached hydrogen (secondary N) is 1. The highest BCUT2D eigenvalue weighted by Crippen LogP contribution is 2.65. The summed E-state index contributed by atoms with van der Waals surface area (Å²) in [6.07, 6.45) is -9.03. The number of aromatic nitrogens is 2. The number of nitrogens with zero attached hydrogens (tertiary/aromatic N) is 3. The number of ether oxygens (including phenoxy) is 7. The Morgan fingerprint density at radius 3 is 2.12 bits per heavy atom. The number of hydrogen-bond acceptors (Lipinski definition) is 21. The summed E-state index contributed by atoms with van der Waals surface area (Å²) in [5, 5.41) is 41.4. The third kappa shape index (κ3) is 11.9. The number of aliphatic imine (C=N–C) groups is 1. The molecule has 3 fully saturated rings. The fraction of sp³-hybridized carbons (Fsp3) is 0.372. The normalized spacial score (nSPS) is 26.5. The second kappa shape index (κ2) is 26.6. The molecule has 522 valence electrons. The van der Waals surface area contributed by atoms with Crippen LogP contribution in [-0.4, -0.2) is 133 Å². The van der Waals surface area contributed by atoms with Crippen LogP contribution in [-0.2, 0) is 87.1 Å². The number of amides is 1. The number of carbonyl (C=O) groups excluding carboxylic acids is 8. The minimum atomic E-state index is -2.53. The van der Waals surface area contributed by atoms with Crippen molar-refractivity contribution < 1.29 is 86.8 Å². The molecule has 0 radical (unpaired) electrons. The summed E-state index contributed by atoms with van der Waals surface area (Å²) >= 11 is 0. The van der Waals surface area contributed by atoms with Crippen LogP contribution in [0.4, 0.5) is 5.69 Å². The topological polar surface area (TPSA) is 321 Å². The molecule has 6 aliphatic rings. The molecule has 5 heterocycles. The molecule has 12 atom stereocenters. The van der Waals surface area contributed by atoms with Gasteiger partial charge in [-0.3, -0.25) is 33.8 Å². The van der Waals surface area contributed by atoms with Gasteiger partial charge in [0.15, 0.2) is 29.2 Å². The summed E-state index contributed by atoms with van der Waals surface area (Å²) in [6, 6.07) is 39.2. The van der Waals surface area contributed by atoms with Crippen LogP contribution in [0.5, 0.6) is 0 Å². The monoisotopic (exact) mass is 1370 g/mol. The first-order valence-corrected chi connectivity index (χ1v) is 33.7. The molecule has 2 aromatic heterocycles. The zero-order valence-corrected chi connectivity index (χ0v) is 56.6. The minimum Gasteiger partial charge on any atom is -0.461 e. The average Bonchev–Trinajstić information content (AvgIpc) is 1.01. The largest absolute Gasteiger partial charge is 0.461 e. The molecule has 23 heteroatoms. The van der Waals surface area contributed by atoms with Crippen molar-refractivity contribution in [2.45, 2.75) is 160 Å². The fourth-order valence-electron chi connectivity index (χ4n) is 16.1. The molecule has 4 N–H and O–H groups in total. The Morgan fingerprint density at radius 2 is 1.47 bits per heavy atom. The third-order valence-electron chi connectivity index (χ3n) is 21.5. The van der Waals surface area contributed by atoms with E-state index in [9.17, 15) is 53.7 Å². The van der Waals surface area contributed by atoms with Gasteiger partial charge in [0.1, 0.15) is 36.6 Å². The van der Waals surface area contributed by atoms with Gasteiger partial charge in [-0.15, -0.1) is 0 Å². The lowest BCUT2D eigenvalue weighted by atomic mass is 9.44. The maximum atomic E-state index is 16.6. The number of carbonyl (C=O) groups is 8. The highest BCUT2D eigenvalue weighted by atomic mass is 16.6. The molecule has 2 unspecified atom stereocenters. The number of Topliss-reactive ketones (excluding diaryl/α,β-unsaturated/α-hetero) is 1. The Bertz CT molecular complexity index is 4650. The van der Waals surface area contributed by atoms with Crippen LogP contribution in [0.25, 0.3) is 22.3 Å². The molecule has 2 saturated carbocycles. The van der Waals surface area contributed by atoms with Crippen LogP contribution >= 0.6 is 0 Å². The van der Waals surface area contributed by atoms with Crippen molar-refractivity contribution in [3.63, 3.8) is 0 Å². The van der Waals surface area contributed by atoms with E-state index >= 15 is 4.79 Å². The molecule has 23 nitrogen and oxygen atoms in total. The molecule has 3 aliphatic heterocycles. The molecule has 5 aromatic carbocycles. The summed E-state index contributed by atoms with van der Waals surface area (Å²) in [5.41, 5.74) is -5.31. The van der Waals surface area contributed by atoms with Crippen LogP contribution in [0, 0.1) is 16.7 Å². The number of fused-ring (bicyclic) bond motifs is 10. The first-order valence-electron chi connectivity index (χ1n) is 33.7. The number of rotatable bonds is 18. The van der Waals surface area contributed by atoms with E-state index in [0.29, 0.717) is 34.6 Å². The number of hydrogen-bond donors (Lipinski definition) is 4. The lowest BCUT2D eigenvalue weighted by Crippen LogP contribution is -2.82. The number of esters is 6. The van der Waals surface area contributed by atoms with Crippen LogP contribution < -0.4 is 10.9 Å². The molecule has 0 spiro atoms. The highest BCUT2D eigenvalue weighted by molar-refractivity contribution is 6.03. The lowest BCUT2D eigenvalue weighted by Gasteiger charge is -2.67. The summed E-state index contributed by atoms with van der Waals surface area (Å²) in [5.74, 6) is -8.86. The van der Waals surface area contributed by atoms with E-state index in [1.807, 2.05) is 48.5 Å². The van der Waals surface area contributed by atoms with Crippen molar-refractivity contribution in [3.05, 3.63) is 212 Å². The fourth-order valence-corrected chi connectivity index (χ4v) is 16.1. The summed E-state index contributed by atoms with van der Waals surface area (Å²) in [4.78, 5) is 139. The maximum absolute atomic E-state index is 16.6. The molecule has 13 rings (SSSR count). The SMILES string of the molecule is CC[C@]1(O)C(=O)OCc2c1cc1n(c2=O)Cc2c-1nc1ccccc1c2C=Nc1ccc(CCCC(=O)O[C@H]2C[C@H]3OC[C@@]3(OC(C)=O)C3C(OC(=O)c4ccccc4)[C@]4(O)C[C@H](OC(=O)[C@H](O)[C@@H](NC(=O)c5ccccc5)c5ccccc5)C(C)=C([C@@H](OC(C)=O)C(=O)[C@@]32C)C4(C)C)cc1. The van der Waals surface area contributed by atoms with Crippen molar-refractivity contribution in [1.82, 2.24) is 14.9 Å². The Kier molecular flexibility index (Phi) is 18.2. The van der Waals surface area contributed by atoms with E-state index < -0.39 is 142 Å². The standard InChI is InChI=1S/C78H76N4O19/c1-8-76(93)54-35-56-63-52(39-82(56)70(89)53(54)40-95-73(76)92)51(50-28-18-19-29-55(50)80-63)38-79-49-33-31-45(32-34-49)21-20-30-60(85)99-58-36-59-77(41-96-59,101-44(4)84)66-68(100-71(90)48-26-16-11-17-27-48)78(94)37-57(42(2)61(74(78,5)6)65(97-43(3)83)67(87)75(58,66)7)98-72(91)64(86)62(46-22-12-9-13-23-46)81-69(88)47-24-14-10-15-25-47/h9-19,22-29,31-35,38,57-59,62,64-66,68,86,93-94H,8,20-21,30,36-37,39-41H2,1-7H3,(H,81,88)/t57-,58-,59+,62-,64+,65+,66?,68?,75+,76+,77-,78+/m0/s1. The zero-order chi connectivity index (χ0) is 71.7. The van der Waals surface area contributed by atoms with E-state index in [2.05, 4.69) is 5.32 Å². The molecular formula is C78H76N4O19. The highest BCUT2D eigenvalue weighted by Gasteiger charge is 2.79. The first-order chi connectivity index (χ1) is 48.2. The van der Waals surface area contributed by atoms with Gasteiger partial charge in [-0.25, -0.2) is 19.4 Å². The maximum Gasteiger partial charge on any atom is 0.343 e. The van der Waals surface area contributed by atoms with Gasteiger partial charge in [0.05, 0.1) is 64.2 Å². The number of benzene rings is 5. The van der Waals surface area contributed by atoms with Gasteiger partial charge >= 0.3 is 35.8 Å². The van der Waals surface area contributed by atoms with E-state index in [4.69, 9.17) is 43.1 Å². The van der Waals surface area contributed by atoms with E-state index in [1.165, 1.54) is 26.0 Å². The van der Waals surface area contributed by atoms with Gasteiger partial charge in [0.2, 0.25) is 0 Å². The molecule has 101 heavy (non-hydrogen) atoms. The van der Waals surface area contributed by atoms with E-state index in [0.717, 1.165) is 35.9 Å². The van der Waals surface area contributed by atoms with Crippen molar-refractivity contribution in [3.8, 4) is 11.4 Å². The average molecular weight is 1370 g/mol. The summed E-state index contributed by atoms with van der Waals surface area (Å²) < 4.78 is 44.9. The zero-order valence-electron chi connectivity index (χ0n) is 56.6. The molecule has 1 amide bonds. The van der Waals surface area contributed by atoms with Crippen molar-refractivity contribution in [2.24, 2.45) is 21.7 Å². The molecule has 7 aromatic rings. The van der Waals surface area contributed by atoms with Crippen molar-refractivity contribution in [1.29, 1.82) is 0 Å². The smallest absolute Gasteiger partial charge is 0.343 e. The van der Waals surface area contributed by atoms with Crippen LogP contribution in [0.1, 0.15) is 141 Å². The predicted octanol–water partition coefficient (Wildman–Crippen LogP) is 8.45. The Labute approximate surface area is 580 Å². The minimum absolute atomic E-state index is 0.00107. The quantitative estimate of drug-likeness (QED) is 0.0271. The van der Waals surface area contributed by atoms with Gasteiger partial charge in [-0.2, -0.15) is 0 Å². The number of aliphatic hydroxyl groups excluding tert-OH is 1. The number of aryl methyl sites for hydroxylation is 1. The van der Waals surface area contributed by atoms with Crippen LogP contribution in [0.15, 0.2) is 167 Å². The van der Waals surface area contributed by atoms with Crippen LogP contribution in [0.3, 0.4) is 0 Å². The summed E-state index contributed by atoms with van der Waals surface area (Å²) in [6.45, 7) is 9.41. The van der Waals surface area contributed by atoms with Gasteiger partial charge in [-0.05, 0) is 104 Å². The predicted molar refractivity (Wildman–Crippen MR) is 363 cm³/mol. The Balaban J connectivity index is 0.800. The van der Waals surface area contributed by atoms with Gasteiger partial charge < -0.3 is 58.4 Å². The van der Waals surface area contributed by atoms with Gasteiger partial charge in [0.25, 0.3) is 11.5 Å². The second-order valence-corrected chi connectivity index (χ2v) is 27.6. The number of pyridine rings is 2. The Morgan fingerprint density at radius 1 is 0.802 bits per heavy atom. The van der Waals surface area contributed by atoms with Crippen molar-refractivity contribution >= 4 is 70.3 Å². The number of para-hydroxylation sites is 1. The summed E-state index contributed by atoms with van der Waals surface area (Å²) in [7, 11) is 0. The number of ketones is 1. The molecule has 3 aliphatic carbocycles. The number of aliphatic hydroxyl groups is 3. The Hall–Kier alpha value is -10.3. The second-order valence-electron chi connectivity index (χ2n) is 27.6. The third-order valence-corrected chi connectivity index (χ3v) is 21.5.